The Morgan fingerprint density at radius 3 is 2.71 bits per heavy atom. The zero-order valence-corrected chi connectivity index (χ0v) is 27.4. The first-order valence-electron chi connectivity index (χ1n) is 17.0. The highest BCUT2D eigenvalue weighted by atomic mass is 19.1. The molecule has 4 aliphatic heterocycles. The van der Waals surface area contributed by atoms with Gasteiger partial charge in [-0.1, -0.05) is 25.8 Å². The average Bonchev–Trinajstić information content (AvgIpc) is 3.60. The largest absolute Gasteiger partial charge is 0.508 e. The van der Waals surface area contributed by atoms with Gasteiger partial charge in [-0.2, -0.15) is 5.26 Å². The number of nitrogens with zero attached hydrogens (tertiary/aromatic N) is 5. The third-order valence-corrected chi connectivity index (χ3v) is 11.2. The van der Waals surface area contributed by atoms with Crippen LogP contribution in [0.4, 0.5) is 14.5 Å². The zero-order valence-electron chi connectivity index (χ0n) is 27.4. The van der Waals surface area contributed by atoms with Crippen molar-refractivity contribution in [3.05, 3.63) is 47.0 Å². The van der Waals surface area contributed by atoms with Gasteiger partial charge in [0.25, 0.3) is 0 Å². The highest BCUT2D eigenvalue weighted by Gasteiger charge is 2.49. The number of nitriles is 1. The quantitative estimate of drug-likeness (QED) is 0.247. The minimum absolute atomic E-state index is 0.0375. The normalized spacial score (nSPS) is 24.4. The molecule has 1 aliphatic carbocycles. The molecule has 9 nitrogen and oxygen atoms in total. The maximum Gasteiger partial charge on any atom is 0.234 e. The van der Waals surface area contributed by atoms with Gasteiger partial charge in [0.2, 0.25) is 11.8 Å². The van der Waals surface area contributed by atoms with Crippen LogP contribution in [0.3, 0.4) is 0 Å². The van der Waals surface area contributed by atoms with Crippen molar-refractivity contribution in [3.8, 4) is 47.2 Å². The summed E-state index contributed by atoms with van der Waals surface area (Å²) in [6.45, 7) is 8.49. The number of terminal acetylenes is 1. The maximum atomic E-state index is 17.1. The van der Waals surface area contributed by atoms with Crippen LogP contribution < -0.4 is 19.7 Å². The van der Waals surface area contributed by atoms with Gasteiger partial charge in [0, 0.05) is 42.0 Å². The van der Waals surface area contributed by atoms with Crippen molar-refractivity contribution in [1.29, 1.82) is 5.26 Å². The third kappa shape index (κ3) is 4.78. The minimum atomic E-state index is -0.811. The number of phenols is 1. The van der Waals surface area contributed by atoms with Gasteiger partial charge in [-0.25, -0.2) is 18.7 Å². The van der Waals surface area contributed by atoms with Crippen LogP contribution in [0.5, 0.6) is 17.5 Å². The Balaban J connectivity index is 1.22. The lowest BCUT2D eigenvalue weighted by Crippen LogP contribution is -2.61. The fourth-order valence-electron chi connectivity index (χ4n) is 8.58. The third-order valence-electron chi connectivity index (χ3n) is 11.2. The second-order valence-corrected chi connectivity index (χ2v) is 15.3. The van der Waals surface area contributed by atoms with Gasteiger partial charge in [-0.3, -0.25) is 0 Å². The molecule has 2 bridgehead atoms. The molecular weight excluding hydrogens is 626 g/mol. The number of benzene rings is 2. The molecule has 4 fully saturated rings. The van der Waals surface area contributed by atoms with Crippen molar-refractivity contribution in [2.24, 2.45) is 10.8 Å². The predicted molar refractivity (Wildman–Crippen MR) is 180 cm³/mol. The molecule has 3 unspecified atom stereocenters. The summed E-state index contributed by atoms with van der Waals surface area (Å²) in [6.07, 6.45) is 10.2. The molecule has 250 valence electrons. The molecule has 2 aromatic heterocycles. The molecule has 0 spiro atoms. The molecule has 0 amide bonds. The van der Waals surface area contributed by atoms with Crippen LogP contribution in [-0.4, -0.2) is 71.1 Å². The maximum absolute atomic E-state index is 17.1. The van der Waals surface area contributed by atoms with E-state index in [-0.39, 0.29) is 79.1 Å². The number of aromatic nitrogens is 2. The summed E-state index contributed by atoms with van der Waals surface area (Å²) in [6, 6.07) is 7.97. The number of halogens is 2. The molecule has 1 saturated carbocycles. The molecule has 11 heteroatoms. The molecule has 2 aromatic carbocycles. The van der Waals surface area contributed by atoms with Crippen LogP contribution >= 0.6 is 0 Å². The van der Waals surface area contributed by atoms with E-state index in [1.807, 2.05) is 4.90 Å². The number of aromatic hydroxyl groups is 1. The predicted octanol–water partition coefficient (Wildman–Crippen LogP) is 5.84. The van der Waals surface area contributed by atoms with Gasteiger partial charge in [-0.15, -0.1) is 6.42 Å². The summed E-state index contributed by atoms with van der Waals surface area (Å²) < 4.78 is 45.2. The van der Waals surface area contributed by atoms with Crippen molar-refractivity contribution < 1.29 is 23.4 Å². The van der Waals surface area contributed by atoms with Crippen molar-refractivity contribution in [2.75, 3.05) is 37.7 Å². The van der Waals surface area contributed by atoms with E-state index < -0.39 is 17.9 Å². The van der Waals surface area contributed by atoms with Gasteiger partial charge >= 0.3 is 0 Å². The number of hydrogen-bond donors (Lipinski definition) is 2. The average molecular weight is 663 g/mol. The first-order chi connectivity index (χ1) is 23.6. The van der Waals surface area contributed by atoms with Gasteiger partial charge in [0.1, 0.15) is 34.4 Å². The molecule has 4 aromatic rings. The number of pyridine rings is 2. The number of piperazine rings is 1. The zero-order chi connectivity index (χ0) is 33.8. The summed E-state index contributed by atoms with van der Waals surface area (Å²) in [5, 5.41) is 25.9. The van der Waals surface area contributed by atoms with Crippen molar-refractivity contribution in [3.63, 3.8) is 0 Å². The molecule has 0 radical (unpaired) electrons. The number of ether oxygens (including phenoxy) is 2. The summed E-state index contributed by atoms with van der Waals surface area (Å²) in [5.74, 6) is 0.943. The molecule has 5 aliphatic rings. The first kappa shape index (κ1) is 30.4. The molecule has 49 heavy (non-hydrogen) atoms. The van der Waals surface area contributed by atoms with Gasteiger partial charge < -0.3 is 29.7 Å². The molecule has 3 atom stereocenters. The Bertz CT molecular complexity index is 2170. The number of hydrogen-bond acceptors (Lipinski definition) is 9. The number of fused-ring (bicyclic) bond motifs is 6. The minimum Gasteiger partial charge on any atom is -0.508 e. The summed E-state index contributed by atoms with van der Waals surface area (Å²) in [5.41, 5.74) is 0.727. The highest BCUT2D eigenvalue weighted by Crippen LogP contribution is 2.51. The standard InChI is InChI=1S/C38H36F2N6O3/c1-4-23-26(39)7-5-20-13-22(47)14-24(28(20)23)31-30(40)32-29-33(46-16-21-6-8-27(42-21)36(46)49-35(29)43-31)25(15-41)34(44-32)48-19-38(9-10-38)18-45-12-11-37(2,3)17-45/h1,5,7,13-14,21,27,36,42,47H,6,8-12,16-19H2,2-3H3. The lowest BCUT2D eigenvalue weighted by atomic mass is 9.93. The summed E-state index contributed by atoms with van der Waals surface area (Å²) in [7, 11) is 0. The Morgan fingerprint density at radius 2 is 1.98 bits per heavy atom. The highest BCUT2D eigenvalue weighted by molar-refractivity contribution is 6.06. The van der Waals surface area contributed by atoms with E-state index in [9.17, 15) is 10.4 Å². The lowest BCUT2D eigenvalue weighted by Gasteiger charge is -2.45. The van der Waals surface area contributed by atoms with Crippen molar-refractivity contribution in [1.82, 2.24) is 20.2 Å². The van der Waals surface area contributed by atoms with Gasteiger partial charge in [-0.05, 0) is 67.6 Å². The second kappa shape index (κ2) is 10.6. The molecule has 9 rings (SSSR count). The fourth-order valence-corrected chi connectivity index (χ4v) is 8.58. The summed E-state index contributed by atoms with van der Waals surface area (Å²) in [4.78, 5) is 13.9. The number of rotatable bonds is 6. The molecular formula is C38H36F2N6O3. The van der Waals surface area contributed by atoms with Crippen LogP contribution in [0.15, 0.2) is 24.3 Å². The van der Waals surface area contributed by atoms with Crippen molar-refractivity contribution >= 4 is 27.4 Å². The molecule has 6 heterocycles. The topological polar surface area (TPSA) is 107 Å². The SMILES string of the molecule is C#Cc1c(F)ccc2cc(O)cc(-c3nc4c5c(c(C#N)c(OCC6(CN7CCC(C)(C)C7)CC6)nc5c3F)N3CC5CCC(N5)C3O4)c12. The Hall–Kier alpha value is -4.71. The number of anilines is 1. The Kier molecular flexibility index (Phi) is 6.59. The smallest absolute Gasteiger partial charge is 0.234 e. The van der Waals surface area contributed by atoms with Gasteiger partial charge in [0.05, 0.1) is 29.3 Å². The van der Waals surface area contributed by atoms with E-state index >= 15 is 8.78 Å². The van der Waals surface area contributed by atoms with Crippen LogP contribution in [-0.2, 0) is 0 Å². The van der Waals surface area contributed by atoms with E-state index in [4.69, 9.17) is 25.9 Å². The number of nitrogens with one attached hydrogen (secondary N) is 1. The van der Waals surface area contributed by atoms with Crippen LogP contribution in [0, 0.1) is 46.1 Å². The van der Waals surface area contributed by atoms with Crippen LogP contribution in [0.25, 0.3) is 32.9 Å². The summed E-state index contributed by atoms with van der Waals surface area (Å²) >= 11 is 0. The van der Waals surface area contributed by atoms with E-state index in [0.29, 0.717) is 24.2 Å². The van der Waals surface area contributed by atoms with E-state index in [2.05, 4.69) is 36.1 Å². The molecule has 3 saturated heterocycles. The van der Waals surface area contributed by atoms with Gasteiger partial charge in [0.15, 0.2) is 12.0 Å². The van der Waals surface area contributed by atoms with E-state index in [1.54, 1.807) is 0 Å². The second-order valence-electron chi connectivity index (χ2n) is 15.3. The Labute approximate surface area is 282 Å². The van der Waals surface area contributed by atoms with Crippen LogP contribution in [0.2, 0.25) is 0 Å². The monoisotopic (exact) mass is 662 g/mol. The number of likely N-dealkylation sites (tertiary alicyclic amines) is 1. The number of phenolic OH excluding ortho intramolecular Hbond substituents is 1. The van der Waals surface area contributed by atoms with Crippen LogP contribution in [0.1, 0.15) is 57.1 Å². The van der Waals surface area contributed by atoms with E-state index in [0.717, 1.165) is 51.7 Å². The fraction of sp³-hybridized carbons (Fsp3) is 0.447. The molecule has 2 N–H and O–H groups in total. The van der Waals surface area contributed by atoms with E-state index in [1.165, 1.54) is 24.3 Å². The lowest BCUT2D eigenvalue weighted by molar-refractivity contribution is 0.128. The first-order valence-corrected chi connectivity index (χ1v) is 17.0. The Morgan fingerprint density at radius 1 is 1.14 bits per heavy atom. The van der Waals surface area contributed by atoms with Crippen molar-refractivity contribution in [2.45, 2.75) is 64.3 Å².